The first-order chi connectivity index (χ1) is 22.3. The number of carbonyl (C=O) groups is 2. The van der Waals surface area contributed by atoms with E-state index in [0.29, 0.717) is 24.3 Å². The number of phenolic OH excluding ortho intramolecular Hbond substituents is 2. The fourth-order valence-corrected chi connectivity index (χ4v) is 4.74. The Balaban J connectivity index is 0. The summed E-state index contributed by atoms with van der Waals surface area (Å²) in [6.07, 6.45) is 28.7. The van der Waals surface area contributed by atoms with Crippen molar-refractivity contribution in [2.24, 2.45) is 0 Å². The minimum absolute atomic E-state index is 0.322. The van der Waals surface area contributed by atoms with Crippen LogP contribution in [0.25, 0.3) is 0 Å². The quantitative estimate of drug-likeness (QED) is 0.0845. The topological polar surface area (TPSA) is 115 Å². The Labute approximate surface area is 281 Å². The van der Waals surface area contributed by atoms with Gasteiger partial charge in [-0.1, -0.05) is 179 Å². The standard InChI is InChI=1S/2C14H28O2.2C6H6O/c2*1-2-3-4-5-6-7-8-9-10-11-12-13-14(15)16;2*7-6-4-2-1-3-5-6/h2*2-13H2,1H3,(H,15,16);2*1-5,7H. The van der Waals surface area contributed by atoms with Gasteiger partial charge in [-0.05, 0) is 37.1 Å². The van der Waals surface area contributed by atoms with Gasteiger partial charge in [0.15, 0.2) is 0 Å². The summed E-state index contributed by atoms with van der Waals surface area (Å²) in [5.41, 5.74) is 0. The molecule has 264 valence electrons. The van der Waals surface area contributed by atoms with Crippen LogP contribution in [0.1, 0.15) is 168 Å². The van der Waals surface area contributed by atoms with Crippen molar-refractivity contribution in [3.8, 4) is 11.5 Å². The van der Waals surface area contributed by atoms with Crippen LogP contribution in [0.15, 0.2) is 60.7 Å². The first-order valence-electron chi connectivity index (χ1n) is 18.2. The van der Waals surface area contributed by atoms with Crippen LogP contribution in [0, 0.1) is 0 Å². The Hall–Kier alpha value is -3.02. The first kappa shape index (κ1) is 45.1. The number of phenols is 2. The van der Waals surface area contributed by atoms with E-state index in [4.69, 9.17) is 20.4 Å². The third kappa shape index (κ3) is 43.1. The predicted molar refractivity (Wildman–Crippen MR) is 194 cm³/mol. The average Bonchev–Trinajstić information content (AvgIpc) is 3.04. The lowest BCUT2D eigenvalue weighted by Crippen LogP contribution is -1.93. The zero-order chi connectivity index (χ0) is 34.4. The number of hydrogen-bond donors (Lipinski definition) is 4. The summed E-state index contributed by atoms with van der Waals surface area (Å²) in [6, 6.07) is 17.4. The number of unbranched alkanes of at least 4 members (excludes halogenated alkanes) is 20. The first-order valence-corrected chi connectivity index (χ1v) is 18.2. The Kier molecular flexibility index (Phi) is 37.4. The van der Waals surface area contributed by atoms with E-state index in [-0.39, 0.29) is 0 Å². The van der Waals surface area contributed by atoms with Gasteiger partial charge in [0.1, 0.15) is 11.5 Å². The van der Waals surface area contributed by atoms with Gasteiger partial charge < -0.3 is 20.4 Å². The van der Waals surface area contributed by atoms with E-state index in [0.717, 1.165) is 25.7 Å². The van der Waals surface area contributed by atoms with Crippen LogP contribution >= 0.6 is 0 Å². The number of aliphatic carboxylic acids is 2. The number of carboxylic acid groups (broad SMARTS) is 2. The fraction of sp³-hybridized carbons (Fsp3) is 0.650. The van der Waals surface area contributed by atoms with Gasteiger partial charge in [-0.3, -0.25) is 9.59 Å². The second kappa shape index (κ2) is 38.2. The molecule has 46 heavy (non-hydrogen) atoms. The van der Waals surface area contributed by atoms with Crippen molar-refractivity contribution in [3.05, 3.63) is 60.7 Å². The zero-order valence-electron chi connectivity index (χ0n) is 29.3. The lowest BCUT2D eigenvalue weighted by Gasteiger charge is -2.01. The van der Waals surface area contributed by atoms with Crippen LogP contribution in [-0.2, 0) is 9.59 Å². The number of rotatable bonds is 24. The minimum Gasteiger partial charge on any atom is -0.508 e. The molecule has 0 saturated carbocycles. The second-order valence-corrected chi connectivity index (χ2v) is 12.0. The number of hydrogen-bond acceptors (Lipinski definition) is 4. The molecule has 0 saturated heterocycles. The summed E-state index contributed by atoms with van der Waals surface area (Å²) in [7, 11) is 0. The lowest BCUT2D eigenvalue weighted by molar-refractivity contribution is -0.138. The summed E-state index contributed by atoms with van der Waals surface area (Å²) in [6.45, 7) is 4.49. The van der Waals surface area contributed by atoms with E-state index in [1.54, 1.807) is 48.5 Å². The van der Waals surface area contributed by atoms with Crippen molar-refractivity contribution in [2.75, 3.05) is 0 Å². The van der Waals surface area contributed by atoms with Gasteiger partial charge >= 0.3 is 11.9 Å². The molecule has 2 aromatic carbocycles. The summed E-state index contributed by atoms with van der Waals surface area (Å²) < 4.78 is 0. The largest absolute Gasteiger partial charge is 0.508 e. The smallest absolute Gasteiger partial charge is 0.303 e. The number of para-hydroxylation sites is 2. The third-order valence-electron chi connectivity index (χ3n) is 7.50. The highest BCUT2D eigenvalue weighted by Crippen LogP contribution is 2.13. The third-order valence-corrected chi connectivity index (χ3v) is 7.50. The van der Waals surface area contributed by atoms with Gasteiger partial charge in [0.2, 0.25) is 0 Å². The zero-order valence-corrected chi connectivity index (χ0v) is 29.3. The summed E-state index contributed by atoms with van der Waals surface area (Å²) >= 11 is 0. The van der Waals surface area contributed by atoms with Gasteiger partial charge in [0.05, 0.1) is 0 Å². The van der Waals surface area contributed by atoms with E-state index in [1.807, 2.05) is 12.1 Å². The molecular formula is C40H68O6. The van der Waals surface area contributed by atoms with Crippen molar-refractivity contribution in [1.29, 1.82) is 0 Å². The van der Waals surface area contributed by atoms with E-state index >= 15 is 0 Å². The summed E-state index contributed by atoms with van der Waals surface area (Å²) in [5, 5.41) is 34.2. The molecular weight excluding hydrogens is 576 g/mol. The van der Waals surface area contributed by atoms with Gasteiger partial charge in [0, 0.05) is 12.8 Å². The fourth-order valence-electron chi connectivity index (χ4n) is 4.74. The molecule has 0 unspecified atom stereocenters. The molecule has 6 heteroatoms. The molecule has 0 heterocycles. The van der Waals surface area contributed by atoms with Gasteiger partial charge in [0.25, 0.3) is 0 Å². The van der Waals surface area contributed by atoms with E-state index in [9.17, 15) is 9.59 Å². The van der Waals surface area contributed by atoms with Crippen LogP contribution in [0.5, 0.6) is 11.5 Å². The van der Waals surface area contributed by atoms with Crippen molar-refractivity contribution in [2.45, 2.75) is 168 Å². The molecule has 0 atom stereocenters. The van der Waals surface area contributed by atoms with E-state index < -0.39 is 11.9 Å². The molecule has 0 fully saturated rings. The normalized spacial score (nSPS) is 9.96. The molecule has 0 aliphatic carbocycles. The highest BCUT2D eigenvalue weighted by Gasteiger charge is 1.98. The van der Waals surface area contributed by atoms with E-state index in [2.05, 4.69) is 13.8 Å². The molecule has 0 bridgehead atoms. The van der Waals surface area contributed by atoms with Crippen molar-refractivity contribution in [3.63, 3.8) is 0 Å². The summed E-state index contributed by atoms with van der Waals surface area (Å²) in [5.74, 6) is -0.670. The molecule has 0 aromatic heterocycles. The highest BCUT2D eigenvalue weighted by atomic mass is 16.4. The molecule has 0 amide bonds. The highest BCUT2D eigenvalue weighted by molar-refractivity contribution is 5.66. The molecule has 2 aromatic rings. The second-order valence-electron chi connectivity index (χ2n) is 12.0. The van der Waals surface area contributed by atoms with E-state index in [1.165, 1.54) is 116 Å². The number of aromatic hydroxyl groups is 2. The number of benzene rings is 2. The molecule has 2 rings (SSSR count). The predicted octanol–water partition coefficient (Wildman–Crippen LogP) is 12.3. The summed E-state index contributed by atoms with van der Waals surface area (Å²) in [4.78, 5) is 20.5. The average molecular weight is 645 g/mol. The van der Waals surface area contributed by atoms with Gasteiger partial charge in [-0.25, -0.2) is 0 Å². The number of carboxylic acids is 2. The molecule has 0 aliphatic heterocycles. The Morgan fingerprint density at radius 2 is 0.609 bits per heavy atom. The van der Waals surface area contributed by atoms with Crippen LogP contribution in [0.4, 0.5) is 0 Å². The maximum atomic E-state index is 10.3. The molecule has 6 nitrogen and oxygen atoms in total. The lowest BCUT2D eigenvalue weighted by atomic mass is 10.1. The van der Waals surface area contributed by atoms with Crippen molar-refractivity contribution in [1.82, 2.24) is 0 Å². The van der Waals surface area contributed by atoms with Crippen molar-refractivity contribution < 1.29 is 30.0 Å². The SMILES string of the molecule is CCCCCCCCCCCCCC(=O)O.CCCCCCCCCCCCCC(=O)O.Oc1ccccc1.Oc1ccccc1. The Morgan fingerprint density at radius 3 is 0.783 bits per heavy atom. The Morgan fingerprint density at radius 1 is 0.391 bits per heavy atom. The molecule has 0 aliphatic rings. The van der Waals surface area contributed by atoms with Crippen LogP contribution in [0.2, 0.25) is 0 Å². The van der Waals surface area contributed by atoms with Crippen molar-refractivity contribution >= 4 is 11.9 Å². The Bertz CT molecular complexity index is 798. The molecule has 0 spiro atoms. The minimum atomic E-state index is -0.657. The monoisotopic (exact) mass is 645 g/mol. The molecule has 0 radical (unpaired) electrons. The van der Waals surface area contributed by atoms with Gasteiger partial charge in [-0.2, -0.15) is 0 Å². The van der Waals surface area contributed by atoms with Gasteiger partial charge in [-0.15, -0.1) is 0 Å². The van der Waals surface area contributed by atoms with Crippen LogP contribution in [0.3, 0.4) is 0 Å². The maximum absolute atomic E-state index is 10.3. The maximum Gasteiger partial charge on any atom is 0.303 e. The molecule has 4 N–H and O–H groups in total. The van der Waals surface area contributed by atoms with Crippen LogP contribution < -0.4 is 0 Å². The van der Waals surface area contributed by atoms with Crippen LogP contribution in [-0.4, -0.2) is 32.4 Å².